The lowest BCUT2D eigenvalue weighted by Gasteiger charge is -2.11. The molecular formula is C10H12BrNO3. The van der Waals surface area contributed by atoms with Gasteiger partial charge in [-0.15, -0.1) is 0 Å². The van der Waals surface area contributed by atoms with Gasteiger partial charge in [-0.2, -0.15) is 0 Å². The second-order valence-electron chi connectivity index (χ2n) is 2.71. The number of hydrogen-bond donors (Lipinski definition) is 1. The van der Waals surface area contributed by atoms with Crippen LogP contribution in [0.15, 0.2) is 21.8 Å². The minimum absolute atomic E-state index is 0.558. The molecule has 0 amide bonds. The van der Waals surface area contributed by atoms with Gasteiger partial charge in [0.1, 0.15) is 0 Å². The van der Waals surface area contributed by atoms with Crippen molar-refractivity contribution in [3.63, 3.8) is 0 Å². The maximum Gasteiger partial charge on any atom is 0.175 e. The number of hydrogen-bond acceptors (Lipinski definition) is 4. The van der Waals surface area contributed by atoms with Crippen molar-refractivity contribution in [2.24, 2.45) is 5.16 Å². The third-order valence-corrected chi connectivity index (χ3v) is 2.34. The highest BCUT2D eigenvalue weighted by molar-refractivity contribution is 9.10. The largest absolute Gasteiger partial charge is 0.493 e. The fraction of sp³-hybridized carbons (Fsp3) is 0.300. The van der Waals surface area contributed by atoms with Gasteiger partial charge in [0.2, 0.25) is 0 Å². The van der Waals surface area contributed by atoms with Gasteiger partial charge in [0.25, 0.3) is 0 Å². The molecule has 1 aromatic carbocycles. The van der Waals surface area contributed by atoms with Crippen LogP contribution in [0.5, 0.6) is 11.5 Å². The van der Waals surface area contributed by atoms with Crippen LogP contribution >= 0.6 is 15.9 Å². The molecule has 0 bridgehead atoms. The van der Waals surface area contributed by atoms with E-state index in [1.54, 1.807) is 19.2 Å². The Bertz CT molecular complexity index is 366. The Morgan fingerprint density at radius 2 is 2.27 bits per heavy atom. The molecule has 0 saturated heterocycles. The van der Waals surface area contributed by atoms with Crippen LogP contribution in [-0.2, 0) is 0 Å². The molecule has 4 nitrogen and oxygen atoms in total. The zero-order valence-electron chi connectivity index (χ0n) is 8.53. The fourth-order valence-corrected chi connectivity index (χ4v) is 1.74. The highest BCUT2D eigenvalue weighted by Gasteiger charge is 2.10. The van der Waals surface area contributed by atoms with E-state index in [0.717, 1.165) is 10.0 Å². The number of rotatable bonds is 4. The summed E-state index contributed by atoms with van der Waals surface area (Å²) in [5, 5.41) is 11.4. The maximum absolute atomic E-state index is 8.43. The second kappa shape index (κ2) is 5.60. The van der Waals surface area contributed by atoms with Gasteiger partial charge >= 0.3 is 0 Å². The van der Waals surface area contributed by atoms with E-state index < -0.39 is 0 Å². The summed E-state index contributed by atoms with van der Waals surface area (Å²) in [4.78, 5) is 0. The van der Waals surface area contributed by atoms with Crippen LogP contribution in [0.4, 0.5) is 0 Å². The van der Waals surface area contributed by atoms with Gasteiger partial charge in [-0.25, -0.2) is 0 Å². The normalized spacial score (nSPS) is 10.6. The first-order valence-electron chi connectivity index (χ1n) is 4.40. The van der Waals surface area contributed by atoms with E-state index in [4.69, 9.17) is 14.7 Å². The van der Waals surface area contributed by atoms with Crippen LogP contribution in [0.3, 0.4) is 0 Å². The Labute approximate surface area is 96.6 Å². The van der Waals surface area contributed by atoms with Gasteiger partial charge in [0, 0.05) is 5.56 Å². The lowest BCUT2D eigenvalue weighted by Crippen LogP contribution is -1.97. The summed E-state index contributed by atoms with van der Waals surface area (Å²) in [6, 6.07) is 3.52. The number of methoxy groups -OCH3 is 1. The van der Waals surface area contributed by atoms with E-state index in [-0.39, 0.29) is 0 Å². The van der Waals surface area contributed by atoms with E-state index in [1.807, 2.05) is 6.92 Å². The second-order valence-corrected chi connectivity index (χ2v) is 3.57. The van der Waals surface area contributed by atoms with Gasteiger partial charge < -0.3 is 14.7 Å². The average Bonchev–Trinajstić information content (AvgIpc) is 2.22. The Morgan fingerprint density at radius 3 is 2.80 bits per heavy atom. The van der Waals surface area contributed by atoms with Gasteiger partial charge in [-0.05, 0) is 35.0 Å². The molecule has 82 valence electrons. The van der Waals surface area contributed by atoms with E-state index in [1.165, 1.54) is 6.21 Å². The molecule has 0 aliphatic carbocycles. The van der Waals surface area contributed by atoms with Gasteiger partial charge in [0.15, 0.2) is 11.5 Å². The molecule has 0 heterocycles. The lowest BCUT2D eigenvalue weighted by molar-refractivity contribution is 0.308. The molecule has 0 aromatic heterocycles. The summed E-state index contributed by atoms with van der Waals surface area (Å²) in [6.45, 7) is 2.46. The van der Waals surface area contributed by atoms with E-state index in [2.05, 4.69) is 21.1 Å². The molecule has 5 heteroatoms. The highest BCUT2D eigenvalue weighted by atomic mass is 79.9. The summed E-state index contributed by atoms with van der Waals surface area (Å²) in [7, 11) is 1.56. The summed E-state index contributed by atoms with van der Waals surface area (Å²) in [5.74, 6) is 1.25. The predicted octanol–water partition coefficient (Wildman–Crippen LogP) is 2.66. The van der Waals surface area contributed by atoms with Crippen molar-refractivity contribution in [3.8, 4) is 11.5 Å². The van der Waals surface area contributed by atoms with Crippen molar-refractivity contribution in [1.82, 2.24) is 0 Å². The van der Waals surface area contributed by atoms with E-state index in [9.17, 15) is 0 Å². The Morgan fingerprint density at radius 1 is 1.53 bits per heavy atom. The van der Waals surface area contributed by atoms with Crippen molar-refractivity contribution < 1.29 is 14.7 Å². The van der Waals surface area contributed by atoms with Crippen molar-refractivity contribution >= 4 is 22.1 Å². The summed E-state index contributed by atoms with van der Waals surface area (Å²) >= 11 is 3.36. The average molecular weight is 274 g/mol. The number of halogens is 1. The Kier molecular flexibility index (Phi) is 4.42. The monoisotopic (exact) mass is 273 g/mol. The third kappa shape index (κ3) is 2.86. The molecule has 0 aliphatic heterocycles. The quantitative estimate of drug-likeness (QED) is 0.521. The SMILES string of the molecule is CCOc1c(Br)cc(C=NO)cc1OC. The van der Waals surface area contributed by atoms with Crippen LogP contribution in [0.2, 0.25) is 0 Å². The van der Waals surface area contributed by atoms with Crippen LogP contribution in [0.25, 0.3) is 0 Å². The van der Waals surface area contributed by atoms with Gasteiger partial charge in [0.05, 0.1) is 24.4 Å². The van der Waals surface area contributed by atoms with Crippen LogP contribution in [-0.4, -0.2) is 25.1 Å². The fourth-order valence-electron chi connectivity index (χ4n) is 1.17. The van der Waals surface area contributed by atoms with Gasteiger partial charge in [-0.3, -0.25) is 0 Å². The molecule has 1 N–H and O–H groups in total. The molecule has 0 spiro atoms. The molecule has 0 aliphatic rings. The molecule has 0 fully saturated rings. The molecule has 1 rings (SSSR count). The first kappa shape index (κ1) is 11.8. The summed E-state index contributed by atoms with van der Waals surface area (Å²) < 4.78 is 11.3. The first-order valence-corrected chi connectivity index (χ1v) is 5.20. The number of benzene rings is 1. The molecule has 0 unspecified atom stereocenters. The smallest absolute Gasteiger partial charge is 0.175 e. The molecule has 0 saturated carbocycles. The maximum atomic E-state index is 8.43. The predicted molar refractivity (Wildman–Crippen MR) is 61.2 cm³/mol. The zero-order chi connectivity index (χ0) is 11.3. The molecule has 0 atom stereocenters. The minimum atomic E-state index is 0.558. The van der Waals surface area contributed by atoms with Crippen LogP contribution in [0.1, 0.15) is 12.5 Å². The van der Waals surface area contributed by atoms with E-state index >= 15 is 0 Å². The Balaban J connectivity index is 3.17. The summed E-state index contributed by atoms with van der Waals surface area (Å²) in [5.41, 5.74) is 0.727. The number of oxime groups is 1. The number of nitrogens with zero attached hydrogens (tertiary/aromatic N) is 1. The first-order chi connectivity index (χ1) is 7.22. The Hall–Kier alpha value is -1.23. The standard InChI is InChI=1S/C10H12BrNO3/c1-3-15-10-8(11)4-7(6-12-13)5-9(10)14-2/h4-6,13H,3H2,1-2H3. The molecule has 1 aromatic rings. The minimum Gasteiger partial charge on any atom is -0.493 e. The topological polar surface area (TPSA) is 51.0 Å². The van der Waals surface area contributed by atoms with E-state index in [0.29, 0.717) is 18.1 Å². The van der Waals surface area contributed by atoms with Crippen molar-refractivity contribution in [2.45, 2.75) is 6.92 Å². The van der Waals surface area contributed by atoms with Crippen molar-refractivity contribution in [3.05, 3.63) is 22.2 Å². The highest BCUT2D eigenvalue weighted by Crippen LogP contribution is 2.36. The van der Waals surface area contributed by atoms with Gasteiger partial charge in [-0.1, -0.05) is 5.16 Å². The zero-order valence-corrected chi connectivity index (χ0v) is 10.1. The molecule has 15 heavy (non-hydrogen) atoms. The van der Waals surface area contributed by atoms with Crippen LogP contribution in [0, 0.1) is 0 Å². The summed E-state index contributed by atoms with van der Waals surface area (Å²) in [6.07, 6.45) is 1.32. The third-order valence-electron chi connectivity index (χ3n) is 1.75. The van der Waals surface area contributed by atoms with Crippen molar-refractivity contribution in [1.29, 1.82) is 0 Å². The van der Waals surface area contributed by atoms with Crippen LogP contribution < -0.4 is 9.47 Å². The lowest BCUT2D eigenvalue weighted by atomic mass is 10.2. The molecule has 0 radical (unpaired) electrons. The molecular weight excluding hydrogens is 262 g/mol. The number of ether oxygens (including phenoxy) is 2. The van der Waals surface area contributed by atoms with Crippen molar-refractivity contribution in [2.75, 3.05) is 13.7 Å².